The summed E-state index contributed by atoms with van der Waals surface area (Å²) in [6, 6.07) is 8.17. The van der Waals surface area contributed by atoms with Crippen LogP contribution in [0.5, 0.6) is 0 Å². The Morgan fingerprint density at radius 3 is 2.69 bits per heavy atom. The molecule has 0 spiro atoms. The van der Waals surface area contributed by atoms with Gasteiger partial charge in [-0.3, -0.25) is 5.10 Å². The van der Waals surface area contributed by atoms with E-state index in [1.165, 1.54) is 5.56 Å². The number of aromatic nitrogens is 3. The third kappa shape index (κ3) is 2.30. The minimum atomic E-state index is 0.595. The first-order chi connectivity index (χ1) is 7.66. The summed E-state index contributed by atoms with van der Waals surface area (Å²) in [5.74, 6) is 2.36. The lowest BCUT2D eigenvalue weighted by Crippen LogP contribution is -1.96. The van der Waals surface area contributed by atoms with Gasteiger partial charge in [-0.1, -0.05) is 38.1 Å². The summed E-state index contributed by atoms with van der Waals surface area (Å²) in [6.07, 6.45) is 0.943. The van der Waals surface area contributed by atoms with Crippen LogP contribution in [0.25, 0.3) is 11.4 Å². The molecule has 0 saturated carbocycles. The Labute approximate surface area is 95.9 Å². The van der Waals surface area contributed by atoms with Crippen LogP contribution in [0.3, 0.4) is 0 Å². The monoisotopic (exact) mass is 215 g/mol. The van der Waals surface area contributed by atoms with Gasteiger partial charge in [0.1, 0.15) is 5.82 Å². The Balaban J connectivity index is 2.28. The molecule has 0 radical (unpaired) electrons. The average molecular weight is 215 g/mol. The second-order valence-corrected chi connectivity index (χ2v) is 4.52. The molecular formula is C13H17N3. The lowest BCUT2D eigenvalue weighted by molar-refractivity contribution is 0.622. The smallest absolute Gasteiger partial charge is 0.181 e. The second-order valence-electron chi connectivity index (χ2n) is 4.52. The van der Waals surface area contributed by atoms with Crippen LogP contribution in [0.2, 0.25) is 0 Å². The molecule has 0 atom stereocenters. The van der Waals surface area contributed by atoms with E-state index in [1.807, 2.05) is 12.1 Å². The number of rotatable bonds is 3. The van der Waals surface area contributed by atoms with Crippen molar-refractivity contribution in [1.29, 1.82) is 0 Å². The Hall–Kier alpha value is -1.64. The fraction of sp³-hybridized carbons (Fsp3) is 0.385. The summed E-state index contributed by atoms with van der Waals surface area (Å²) in [4.78, 5) is 4.51. The molecule has 2 aromatic rings. The normalized spacial score (nSPS) is 11.0. The largest absolute Gasteiger partial charge is 0.263 e. The van der Waals surface area contributed by atoms with Crippen LogP contribution < -0.4 is 0 Å². The van der Waals surface area contributed by atoms with Crippen molar-refractivity contribution in [2.75, 3.05) is 0 Å². The van der Waals surface area contributed by atoms with Gasteiger partial charge in [-0.2, -0.15) is 5.10 Å². The Morgan fingerprint density at radius 2 is 2.00 bits per heavy atom. The van der Waals surface area contributed by atoms with Crippen LogP contribution in [0.4, 0.5) is 0 Å². The fourth-order valence-electron chi connectivity index (χ4n) is 1.72. The Kier molecular flexibility index (Phi) is 3.04. The number of aryl methyl sites for hydroxylation is 1. The zero-order valence-electron chi connectivity index (χ0n) is 9.99. The van der Waals surface area contributed by atoms with Crippen LogP contribution in [0.15, 0.2) is 24.3 Å². The van der Waals surface area contributed by atoms with Crippen molar-refractivity contribution in [2.24, 2.45) is 5.92 Å². The third-order valence-corrected chi connectivity index (χ3v) is 2.52. The summed E-state index contributed by atoms with van der Waals surface area (Å²) in [6.45, 7) is 6.43. The molecule has 0 aliphatic carbocycles. The van der Waals surface area contributed by atoms with Crippen LogP contribution in [0.1, 0.15) is 25.2 Å². The molecule has 2 rings (SSSR count). The zero-order valence-corrected chi connectivity index (χ0v) is 9.99. The first kappa shape index (κ1) is 10.9. The van der Waals surface area contributed by atoms with Gasteiger partial charge in [-0.25, -0.2) is 4.98 Å². The van der Waals surface area contributed by atoms with E-state index in [2.05, 4.69) is 48.1 Å². The van der Waals surface area contributed by atoms with Gasteiger partial charge >= 0.3 is 0 Å². The summed E-state index contributed by atoms with van der Waals surface area (Å²) in [5.41, 5.74) is 2.31. The molecule has 1 aromatic heterocycles. The van der Waals surface area contributed by atoms with Crippen molar-refractivity contribution in [3.8, 4) is 11.4 Å². The van der Waals surface area contributed by atoms with E-state index in [4.69, 9.17) is 0 Å². The molecule has 0 amide bonds. The topological polar surface area (TPSA) is 41.6 Å². The summed E-state index contributed by atoms with van der Waals surface area (Å²) in [5, 5.41) is 7.27. The van der Waals surface area contributed by atoms with Gasteiger partial charge in [0.05, 0.1) is 0 Å². The van der Waals surface area contributed by atoms with Crippen molar-refractivity contribution in [3.63, 3.8) is 0 Å². The van der Waals surface area contributed by atoms with Gasteiger partial charge in [0.25, 0.3) is 0 Å². The fourth-order valence-corrected chi connectivity index (χ4v) is 1.72. The van der Waals surface area contributed by atoms with Gasteiger partial charge in [-0.15, -0.1) is 0 Å². The van der Waals surface area contributed by atoms with Gasteiger partial charge in [0.15, 0.2) is 5.82 Å². The maximum atomic E-state index is 4.51. The number of hydrogen-bond donors (Lipinski definition) is 1. The predicted molar refractivity (Wildman–Crippen MR) is 65.1 cm³/mol. The number of hydrogen-bond acceptors (Lipinski definition) is 2. The first-order valence-corrected chi connectivity index (χ1v) is 5.64. The zero-order chi connectivity index (χ0) is 11.5. The van der Waals surface area contributed by atoms with Crippen LogP contribution >= 0.6 is 0 Å². The molecule has 16 heavy (non-hydrogen) atoms. The van der Waals surface area contributed by atoms with Crippen LogP contribution in [0, 0.1) is 12.8 Å². The summed E-state index contributed by atoms with van der Waals surface area (Å²) in [7, 11) is 0. The molecule has 84 valence electrons. The second kappa shape index (κ2) is 4.47. The van der Waals surface area contributed by atoms with Gasteiger partial charge < -0.3 is 0 Å². The molecule has 1 heterocycles. The number of nitrogens with zero attached hydrogens (tertiary/aromatic N) is 2. The van der Waals surface area contributed by atoms with Crippen molar-refractivity contribution in [1.82, 2.24) is 15.2 Å². The molecular weight excluding hydrogens is 198 g/mol. The van der Waals surface area contributed by atoms with E-state index in [0.717, 1.165) is 23.6 Å². The molecule has 1 aromatic carbocycles. The molecule has 0 saturated heterocycles. The third-order valence-electron chi connectivity index (χ3n) is 2.52. The summed E-state index contributed by atoms with van der Waals surface area (Å²) >= 11 is 0. The molecule has 0 aliphatic rings. The van der Waals surface area contributed by atoms with E-state index in [0.29, 0.717) is 5.92 Å². The minimum Gasteiger partial charge on any atom is -0.263 e. The molecule has 0 bridgehead atoms. The van der Waals surface area contributed by atoms with Crippen molar-refractivity contribution in [2.45, 2.75) is 27.2 Å². The number of benzene rings is 1. The highest BCUT2D eigenvalue weighted by atomic mass is 15.2. The van der Waals surface area contributed by atoms with Crippen molar-refractivity contribution < 1.29 is 0 Å². The minimum absolute atomic E-state index is 0.595. The predicted octanol–water partition coefficient (Wildman–Crippen LogP) is 2.98. The molecule has 3 nitrogen and oxygen atoms in total. The molecule has 0 unspecified atom stereocenters. The maximum Gasteiger partial charge on any atom is 0.181 e. The van der Waals surface area contributed by atoms with E-state index in [1.54, 1.807) is 0 Å². The van der Waals surface area contributed by atoms with Crippen molar-refractivity contribution in [3.05, 3.63) is 35.7 Å². The highest BCUT2D eigenvalue weighted by molar-refractivity contribution is 5.59. The Morgan fingerprint density at radius 1 is 1.25 bits per heavy atom. The molecule has 0 aliphatic heterocycles. The Bertz CT molecular complexity index is 472. The molecule has 3 heteroatoms. The van der Waals surface area contributed by atoms with E-state index < -0.39 is 0 Å². The average Bonchev–Trinajstić information content (AvgIpc) is 2.66. The quantitative estimate of drug-likeness (QED) is 0.855. The first-order valence-electron chi connectivity index (χ1n) is 5.64. The number of H-pyrrole nitrogens is 1. The highest BCUT2D eigenvalue weighted by Crippen LogP contribution is 2.19. The maximum absolute atomic E-state index is 4.51. The SMILES string of the molecule is Cc1ccccc1-c1n[nH]c(CC(C)C)n1. The number of aromatic amines is 1. The van der Waals surface area contributed by atoms with E-state index in [-0.39, 0.29) is 0 Å². The van der Waals surface area contributed by atoms with Gasteiger partial charge in [0, 0.05) is 12.0 Å². The van der Waals surface area contributed by atoms with Gasteiger partial charge in [-0.05, 0) is 18.4 Å². The van der Waals surface area contributed by atoms with Crippen molar-refractivity contribution >= 4 is 0 Å². The molecule has 0 fully saturated rings. The van der Waals surface area contributed by atoms with Crippen LogP contribution in [-0.2, 0) is 6.42 Å². The van der Waals surface area contributed by atoms with Gasteiger partial charge in [0.2, 0.25) is 0 Å². The lowest BCUT2D eigenvalue weighted by Gasteiger charge is -2.00. The standard InChI is InChI=1S/C13H17N3/c1-9(2)8-12-14-13(16-15-12)11-7-5-4-6-10(11)3/h4-7,9H,8H2,1-3H3,(H,14,15,16). The molecule has 1 N–H and O–H groups in total. The highest BCUT2D eigenvalue weighted by Gasteiger charge is 2.08. The number of nitrogens with one attached hydrogen (secondary N) is 1. The van der Waals surface area contributed by atoms with Crippen LogP contribution in [-0.4, -0.2) is 15.2 Å². The lowest BCUT2D eigenvalue weighted by atomic mass is 10.1. The summed E-state index contributed by atoms with van der Waals surface area (Å²) < 4.78 is 0. The van der Waals surface area contributed by atoms with E-state index in [9.17, 15) is 0 Å². The van der Waals surface area contributed by atoms with E-state index >= 15 is 0 Å².